The normalized spacial score (nSPS) is 11.0. The lowest BCUT2D eigenvalue weighted by Gasteiger charge is -2.13. The first-order chi connectivity index (χ1) is 20.2. The summed E-state index contributed by atoms with van der Waals surface area (Å²) < 4.78 is 5.33. The number of hydrogen-bond acceptors (Lipinski definition) is 6. The summed E-state index contributed by atoms with van der Waals surface area (Å²) in [5, 5.41) is 18.8. The highest BCUT2D eigenvalue weighted by atomic mass is 35.5. The summed E-state index contributed by atoms with van der Waals surface area (Å²) in [6, 6.07) is 24.7. The van der Waals surface area contributed by atoms with Crippen LogP contribution in [-0.2, 0) is 9.59 Å². The number of halogens is 2. The van der Waals surface area contributed by atoms with Gasteiger partial charge in [-0.2, -0.15) is 0 Å². The molecule has 214 valence electrons. The smallest absolute Gasteiger partial charge is 0.272 e. The van der Waals surface area contributed by atoms with Crippen molar-refractivity contribution >= 4 is 70.1 Å². The molecule has 0 radical (unpaired) electrons. The average molecular weight is 623 g/mol. The predicted molar refractivity (Wildman–Crippen MR) is 167 cm³/mol. The van der Waals surface area contributed by atoms with E-state index in [1.165, 1.54) is 37.1 Å². The number of phenols is 1. The summed E-state index contributed by atoms with van der Waals surface area (Å²) in [4.78, 5) is 39.5. The zero-order valence-corrected chi connectivity index (χ0v) is 24.5. The number of carbonyl (C=O) groups excluding carboxylic acids is 3. The summed E-state index contributed by atoms with van der Waals surface area (Å²) in [6.45, 7) is 0. The van der Waals surface area contributed by atoms with Crippen LogP contribution in [0.3, 0.4) is 0 Å². The standard InChI is InChI=1S/C31H25Cl2N3O5S/c1-41-28-17-23(37)12-10-20(28)14-27(36-30(39)19-6-3-2-4-7-19)31(40)35-21-8-5-9-24(15-21)42-18-29(38)34-22-11-13-25(32)26(33)16-22/h2-17,37H,18H2,1H3,(H,34,38)(H,35,40)(H,36,39)/b27-14+. The van der Waals surface area contributed by atoms with E-state index in [2.05, 4.69) is 16.0 Å². The van der Waals surface area contributed by atoms with Gasteiger partial charge in [-0.05, 0) is 66.7 Å². The maximum absolute atomic E-state index is 13.4. The molecule has 8 nitrogen and oxygen atoms in total. The minimum absolute atomic E-state index is 0.0108. The average Bonchev–Trinajstić information content (AvgIpc) is 2.99. The number of anilines is 2. The highest BCUT2D eigenvalue weighted by Crippen LogP contribution is 2.28. The Balaban J connectivity index is 1.48. The zero-order valence-electron chi connectivity index (χ0n) is 22.2. The van der Waals surface area contributed by atoms with Gasteiger partial charge in [0.1, 0.15) is 17.2 Å². The van der Waals surface area contributed by atoms with Gasteiger partial charge in [-0.1, -0.05) is 47.5 Å². The summed E-state index contributed by atoms with van der Waals surface area (Å²) in [5.41, 5.74) is 1.76. The quantitative estimate of drug-likeness (QED) is 0.114. The first-order valence-corrected chi connectivity index (χ1v) is 14.2. The molecule has 0 bridgehead atoms. The van der Waals surface area contributed by atoms with Crippen LogP contribution in [0.25, 0.3) is 6.08 Å². The second-order valence-corrected chi connectivity index (χ2v) is 10.6. The van der Waals surface area contributed by atoms with Crippen LogP contribution in [0.4, 0.5) is 11.4 Å². The van der Waals surface area contributed by atoms with Crippen molar-refractivity contribution in [2.24, 2.45) is 0 Å². The fourth-order valence-corrected chi connectivity index (χ4v) is 4.75. The van der Waals surface area contributed by atoms with Crippen LogP contribution < -0.4 is 20.7 Å². The van der Waals surface area contributed by atoms with Gasteiger partial charge in [0.05, 0.1) is 22.9 Å². The molecule has 0 spiro atoms. The molecule has 0 fully saturated rings. The van der Waals surface area contributed by atoms with Gasteiger partial charge in [0.2, 0.25) is 5.91 Å². The molecule has 42 heavy (non-hydrogen) atoms. The Morgan fingerprint density at radius 1 is 0.857 bits per heavy atom. The van der Waals surface area contributed by atoms with E-state index in [1.54, 1.807) is 72.8 Å². The van der Waals surface area contributed by atoms with Gasteiger partial charge in [-0.15, -0.1) is 11.8 Å². The maximum Gasteiger partial charge on any atom is 0.272 e. The van der Waals surface area contributed by atoms with E-state index in [0.29, 0.717) is 38.3 Å². The van der Waals surface area contributed by atoms with Gasteiger partial charge in [-0.3, -0.25) is 14.4 Å². The Kier molecular flexibility index (Phi) is 10.5. The number of ether oxygens (including phenoxy) is 1. The third kappa shape index (κ3) is 8.53. The molecular weight excluding hydrogens is 597 g/mol. The predicted octanol–water partition coefficient (Wildman–Crippen LogP) is 6.85. The minimum atomic E-state index is -0.589. The summed E-state index contributed by atoms with van der Waals surface area (Å²) in [7, 11) is 1.43. The number of methoxy groups -OCH3 is 1. The first-order valence-electron chi connectivity index (χ1n) is 12.5. The van der Waals surface area contributed by atoms with Gasteiger partial charge in [0.25, 0.3) is 11.8 Å². The van der Waals surface area contributed by atoms with E-state index < -0.39 is 11.8 Å². The highest BCUT2D eigenvalue weighted by molar-refractivity contribution is 8.00. The van der Waals surface area contributed by atoms with Gasteiger partial charge in [0, 0.05) is 33.5 Å². The number of carbonyl (C=O) groups is 3. The lowest BCUT2D eigenvalue weighted by atomic mass is 10.1. The molecule has 0 aromatic heterocycles. The van der Waals surface area contributed by atoms with Crippen molar-refractivity contribution < 1.29 is 24.2 Å². The lowest BCUT2D eigenvalue weighted by Crippen LogP contribution is -2.30. The number of phenolic OH excluding ortho intramolecular Hbond substituents is 1. The molecule has 0 unspecified atom stereocenters. The Labute approximate surface area is 256 Å². The molecule has 0 aliphatic rings. The van der Waals surface area contributed by atoms with Crippen LogP contribution >= 0.6 is 35.0 Å². The maximum atomic E-state index is 13.4. The van der Waals surface area contributed by atoms with Crippen molar-refractivity contribution in [3.63, 3.8) is 0 Å². The zero-order chi connectivity index (χ0) is 30.1. The van der Waals surface area contributed by atoms with E-state index in [-0.39, 0.29) is 23.1 Å². The number of thioether (sulfide) groups is 1. The molecule has 0 aliphatic carbocycles. The summed E-state index contributed by atoms with van der Waals surface area (Å²) in [5.74, 6) is -0.906. The van der Waals surface area contributed by atoms with Crippen molar-refractivity contribution in [2.45, 2.75) is 4.90 Å². The van der Waals surface area contributed by atoms with Crippen molar-refractivity contribution in [3.8, 4) is 11.5 Å². The van der Waals surface area contributed by atoms with Crippen molar-refractivity contribution in [1.29, 1.82) is 0 Å². The molecule has 0 saturated heterocycles. The van der Waals surface area contributed by atoms with Crippen LogP contribution in [0.5, 0.6) is 11.5 Å². The second-order valence-electron chi connectivity index (χ2n) is 8.75. The lowest BCUT2D eigenvalue weighted by molar-refractivity contribution is -0.114. The highest BCUT2D eigenvalue weighted by Gasteiger charge is 2.17. The molecular formula is C31H25Cl2N3O5S. The number of amides is 3. The second kappa shape index (κ2) is 14.5. The molecule has 11 heteroatoms. The molecule has 0 atom stereocenters. The molecule has 4 rings (SSSR count). The van der Waals surface area contributed by atoms with Crippen LogP contribution in [0, 0.1) is 0 Å². The molecule has 4 aromatic carbocycles. The van der Waals surface area contributed by atoms with Gasteiger partial charge in [0.15, 0.2) is 0 Å². The van der Waals surface area contributed by atoms with E-state index in [1.807, 2.05) is 6.07 Å². The third-order valence-corrected chi connectivity index (χ3v) is 7.44. The molecule has 0 saturated carbocycles. The van der Waals surface area contributed by atoms with Crippen molar-refractivity contribution in [2.75, 3.05) is 23.5 Å². The van der Waals surface area contributed by atoms with Gasteiger partial charge >= 0.3 is 0 Å². The Hall–Kier alpha value is -4.44. The van der Waals surface area contributed by atoms with Crippen molar-refractivity contribution in [1.82, 2.24) is 5.32 Å². The molecule has 4 aromatic rings. The van der Waals surface area contributed by atoms with E-state index >= 15 is 0 Å². The van der Waals surface area contributed by atoms with Crippen molar-refractivity contribution in [3.05, 3.63) is 118 Å². The van der Waals surface area contributed by atoms with Crippen LogP contribution in [0.15, 0.2) is 102 Å². The van der Waals surface area contributed by atoms with Gasteiger partial charge in [-0.25, -0.2) is 0 Å². The number of hydrogen-bond donors (Lipinski definition) is 4. The Morgan fingerprint density at radius 2 is 1.62 bits per heavy atom. The first kappa shape index (κ1) is 30.5. The number of nitrogens with one attached hydrogen (secondary N) is 3. The monoisotopic (exact) mass is 621 g/mol. The number of rotatable bonds is 10. The largest absolute Gasteiger partial charge is 0.508 e. The summed E-state index contributed by atoms with van der Waals surface area (Å²) >= 11 is 13.2. The number of aromatic hydroxyl groups is 1. The topological polar surface area (TPSA) is 117 Å². The van der Waals surface area contributed by atoms with Crippen LogP contribution in [0.2, 0.25) is 10.0 Å². The SMILES string of the molecule is COc1cc(O)ccc1/C=C(/NC(=O)c1ccccc1)C(=O)Nc1cccc(SCC(=O)Nc2ccc(Cl)c(Cl)c2)c1. The molecule has 3 amide bonds. The molecule has 0 aliphatic heterocycles. The van der Waals surface area contributed by atoms with Crippen LogP contribution in [0.1, 0.15) is 15.9 Å². The third-order valence-electron chi connectivity index (χ3n) is 5.71. The summed E-state index contributed by atoms with van der Waals surface area (Å²) in [6.07, 6.45) is 1.46. The molecule has 4 N–H and O–H groups in total. The van der Waals surface area contributed by atoms with E-state index in [9.17, 15) is 19.5 Å². The minimum Gasteiger partial charge on any atom is -0.508 e. The van der Waals surface area contributed by atoms with E-state index in [4.69, 9.17) is 27.9 Å². The Bertz CT molecular complexity index is 1650. The number of benzene rings is 4. The van der Waals surface area contributed by atoms with Gasteiger partial charge < -0.3 is 25.8 Å². The fraction of sp³-hybridized carbons (Fsp3) is 0.0645. The van der Waals surface area contributed by atoms with Crippen LogP contribution in [-0.4, -0.2) is 35.7 Å². The molecule has 0 heterocycles. The Morgan fingerprint density at radius 3 is 2.36 bits per heavy atom. The van der Waals surface area contributed by atoms with E-state index in [0.717, 1.165) is 4.90 Å². The fourth-order valence-electron chi connectivity index (χ4n) is 3.70.